The van der Waals surface area contributed by atoms with Gasteiger partial charge in [-0.1, -0.05) is 59.8 Å². The quantitative estimate of drug-likeness (QED) is 0.167. The van der Waals surface area contributed by atoms with Gasteiger partial charge in [-0.25, -0.2) is 9.78 Å². The van der Waals surface area contributed by atoms with Crippen LogP contribution in [0.25, 0.3) is 10.7 Å². The zero-order valence-corrected chi connectivity index (χ0v) is 23.5. The number of hydrogen-bond acceptors (Lipinski definition) is 8. The number of para-hydroxylation sites is 1. The molecule has 2 N–H and O–H groups in total. The van der Waals surface area contributed by atoms with Crippen LogP contribution in [0, 0.1) is 13.8 Å². The Morgan fingerprint density at radius 2 is 1.73 bits per heavy atom. The van der Waals surface area contributed by atoms with Gasteiger partial charge in [0, 0.05) is 40.6 Å². The molecule has 0 unspecified atom stereocenters. The summed E-state index contributed by atoms with van der Waals surface area (Å²) in [5.41, 5.74) is 3.97. The van der Waals surface area contributed by atoms with Crippen molar-refractivity contribution >= 4 is 28.8 Å². The molecule has 0 aliphatic carbocycles. The number of aryl methyl sites for hydroxylation is 2. The van der Waals surface area contributed by atoms with Gasteiger partial charge in [0.05, 0.1) is 12.3 Å². The number of ketones is 1. The lowest BCUT2D eigenvalue weighted by Crippen LogP contribution is -2.32. The van der Waals surface area contributed by atoms with Crippen molar-refractivity contribution in [3.63, 3.8) is 0 Å². The van der Waals surface area contributed by atoms with Gasteiger partial charge in [-0.15, -0.1) is 11.3 Å². The van der Waals surface area contributed by atoms with E-state index >= 15 is 0 Å². The Morgan fingerprint density at radius 1 is 1.00 bits per heavy atom. The monoisotopic (exact) mass is 567 g/mol. The Kier molecular flexibility index (Phi) is 8.55. The average molecular weight is 568 g/mol. The third kappa shape index (κ3) is 6.88. The van der Waals surface area contributed by atoms with Crippen LogP contribution >= 0.6 is 11.3 Å². The lowest BCUT2D eigenvalue weighted by molar-refractivity contribution is -0.137. The van der Waals surface area contributed by atoms with Gasteiger partial charge in [0.15, 0.2) is 5.78 Å². The Bertz CT molecular complexity index is 1640. The summed E-state index contributed by atoms with van der Waals surface area (Å²) in [6, 6.07) is 24.2. The van der Waals surface area contributed by atoms with E-state index in [4.69, 9.17) is 9.26 Å². The lowest BCUT2D eigenvalue weighted by Gasteiger charge is -2.18. The van der Waals surface area contributed by atoms with Gasteiger partial charge in [0.1, 0.15) is 28.3 Å². The molecule has 41 heavy (non-hydrogen) atoms. The van der Waals surface area contributed by atoms with E-state index in [1.807, 2.05) is 50.2 Å². The number of aliphatic carboxylic acids is 1. The molecule has 5 rings (SSSR count). The smallest absolute Gasteiger partial charge is 0.326 e. The molecule has 0 aliphatic heterocycles. The first-order valence-electron chi connectivity index (χ1n) is 13.2. The van der Waals surface area contributed by atoms with E-state index in [1.54, 1.807) is 59.9 Å². The summed E-state index contributed by atoms with van der Waals surface area (Å²) in [6.45, 7) is 4.33. The SMILES string of the molecule is Cc1cc(-c2nc(CCOc3ccc(C[C@H](Nc4ccccc4C(=O)c4ccccc4)C(=O)O)cc3)c(C)s2)no1. The minimum atomic E-state index is -1.01. The van der Waals surface area contributed by atoms with Crippen molar-refractivity contribution in [3.05, 3.63) is 118 Å². The van der Waals surface area contributed by atoms with Crippen molar-refractivity contribution in [2.75, 3.05) is 11.9 Å². The van der Waals surface area contributed by atoms with Crippen LogP contribution in [0.15, 0.2) is 89.5 Å². The van der Waals surface area contributed by atoms with Gasteiger partial charge in [-0.3, -0.25) is 4.79 Å². The zero-order valence-electron chi connectivity index (χ0n) is 22.7. The second kappa shape index (κ2) is 12.6. The Balaban J connectivity index is 1.19. The highest BCUT2D eigenvalue weighted by Crippen LogP contribution is 2.28. The number of rotatable bonds is 12. The number of thiazole rings is 1. The molecule has 2 aromatic heterocycles. The van der Waals surface area contributed by atoms with Crippen LogP contribution in [0.1, 0.15) is 37.8 Å². The number of nitrogens with zero attached hydrogens (tertiary/aromatic N) is 2. The summed E-state index contributed by atoms with van der Waals surface area (Å²) >= 11 is 1.58. The molecular weight excluding hydrogens is 538 g/mol. The van der Waals surface area contributed by atoms with E-state index in [1.165, 1.54) is 0 Å². The standard InChI is InChI=1S/C32H29N3O5S/c1-20-18-28(35-40-20)31-34-26(21(2)41-31)16-17-39-24-14-12-22(13-15-24)19-29(32(37)38)33-27-11-7-6-10-25(27)30(36)23-8-4-3-5-9-23/h3-15,18,29,33H,16-17,19H2,1-2H3,(H,37,38)/t29-/m0/s1. The summed E-state index contributed by atoms with van der Waals surface area (Å²) in [6.07, 6.45) is 0.874. The number of benzene rings is 3. The Hall–Kier alpha value is -4.76. The first-order valence-corrected chi connectivity index (χ1v) is 14.0. The van der Waals surface area contributed by atoms with Crippen molar-refractivity contribution < 1.29 is 24.0 Å². The largest absolute Gasteiger partial charge is 0.493 e. The molecule has 3 aromatic carbocycles. The van der Waals surface area contributed by atoms with E-state index < -0.39 is 12.0 Å². The number of hydrogen-bond donors (Lipinski definition) is 2. The molecule has 1 atom stereocenters. The van der Waals surface area contributed by atoms with E-state index in [0.29, 0.717) is 35.6 Å². The molecule has 0 aliphatic rings. The first kappa shape index (κ1) is 27.8. The molecule has 8 nitrogen and oxygen atoms in total. The first-order chi connectivity index (χ1) is 19.9. The summed E-state index contributed by atoms with van der Waals surface area (Å²) in [4.78, 5) is 31.0. The Labute approximate surface area is 241 Å². The molecule has 0 bridgehead atoms. The molecule has 0 saturated carbocycles. The third-order valence-electron chi connectivity index (χ3n) is 6.55. The number of anilines is 1. The molecular formula is C32H29N3O5S. The second-order valence-corrected chi connectivity index (χ2v) is 10.8. The number of aromatic nitrogens is 2. The number of carbonyl (C=O) groups excluding carboxylic acids is 1. The number of nitrogens with one attached hydrogen (secondary N) is 1. The lowest BCUT2D eigenvalue weighted by atomic mass is 10.00. The van der Waals surface area contributed by atoms with Crippen molar-refractivity contribution in [2.24, 2.45) is 0 Å². The molecule has 0 amide bonds. The number of ether oxygens (including phenoxy) is 1. The summed E-state index contributed by atoms with van der Waals surface area (Å²) < 4.78 is 11.1. The van der Waals surface area contributed by atoms with Gasteiger partial charge >= 0.3 is 5.97 Å². The predicted octanol–water partition coefficient (Wildman–Crippen LogP) is 6.38. The number of carboxylic acid groups (broad SMARTS) is 1. The highest BCUT2D eigenvalue weighted by molar-refractivity contribution is 7.15. The molecule has 5 aromatic rings. The van der Waals surface area contributed by atoms with Gasteiger partial charge in [-0.2, -0.15) is 0 Å². The van der Waals surface area contributed by atoms with Gasteiger partial charge < -0.3 is 19.7 Å². The minimum Gasteiger partial charge on any atom is -0.493 e. The van der Waals surface area contributed by atoms with Crippen molar-refractivity contribution in [3.8, 4) is 16.5 Å². The third-order valence-corrected chi connectivity index (χ3v) is 7.58. The highest BCUT2D eigenvalue weighted by atomic mass is 32.1. The molecule has 0 spiro atoms. The number of carboxylic acids is 1. The van der Waals surface area contributed by atoms with Gasteiger partial charge in [0.2, 0.25) is 0 Å². The van der Waals surface area contributed by atoms with Crippen LogP contribution in [-0.4, -0.2) is 39.6 Å². The topological polar surface area (TPSA) is 115 Å². The normalized spacial score (nSPS) is 11.7. The average Bonchev–Trinajstić information content (AvgIpc) is 3.59. The predicted molar refractivity (Wildman–Crippen MR) is 158 cm³/mol. The maximum absolute atomic E-state index is 13.1. The molecule has 0 fully saturated rings. The summed E-state index contributed by atoms with van der Waals surface area (Å²) in [5.74, 6) is 0.255. The van der Waals surface area contributed by atoms with Crippen molar-refractivity contribution in [2.45, 2.75) is 32.7 Å². The zero-order chi connectivity index (χ0) is 28.8. The van der Waals surface area contributed by atoms with E-state index in [0.717, 1.165) is 32.6 Å². The van der Waals surface area contributed by atoms with Crippen molar-refractivity contribution in [1.29, 1.82) is 0 Å². The molecule has 208 valence electrons. The Morgan fingerprint density at radius 3 is 2.44 bits per heavy atom. The van der Waals surface area contributed by atoms with Crippen LogP contribution in [-0.2, 0) is 17.6 Å². The summed E-state index contributed by atoms with van der Waals surface area (Å²) in [5, 5.41) is 17.9. The van der Waals surface area contributed by atoms with Crippen LogP contribution < -0.4 is 10.1 Å². The second-order valence-electron chi connectivity index (χ2n) is 9.57. The number of carbonyl (C=O) groups is 2. The molecule has 0 saturated heterocycles. The van der Waals surface area contributed by atoms with Gasteiger partial charge in [-0.05, 0) is 43.7 Å². The molecule has 2 heterocycles. The van der Waals surface area contributed by atoms with E-state index in [-0.39, 0.29) is 12.2 Å². The highest BCUT2D eigenvalue weighted by Gasteiger charge is 2.21. The van der Waals surface area contributed by atoms with E-state index in [2.05, 4.69) is 15.5 Å². The fourth-order valence-corrected chi connectivity index (χ4v) is 5.31. The van der Waals surface area contributed by atoms with Crippen LogP contribution in [0.2, 0.25) is 0 Å². The maximum Gasteiger partial charge on any atom is 0.326 e. The van der Waals surface area contributed by atoms with Crippen LogP contribution in [0.3, 0.4) is 0 Å². The maximum atomic E-state index is 13.1. The fraction of sp³-hybridized carbons (Fsp3) is 0.188. The van der Waals surface area contributed by atoms with Crippen molar-refractivity contribution in [1.82, 2.24) is 10.1 Å². The van der Waals surface area contributed by atoms with E-state index in [9.17, 15) is 14.7 Å². The minimum absolute atomic E-state index is 0.170. The molecule has 9 heteroatoms. The molecule has 0 radical (unpaired) electrons. The fourth-order valence-electron chi connectivity index (χ4n) is 4.40. The van der Waals surface area contributed by atoms with Crippen LogP contribution in [0.5, 0.6) is 5.75 Å². The summed E-state index contributed by atoms with van der Waals surface area (Å²) in [7, 11) is 0. The van der Waals surface area contributed by atoms with Crippen LogP contribution in [0.4, 0.5) is 5.69 Å². The van der Waals surface area contributed by atoms with Gasteiger partial charge in [0.25, 0.3) is 0 Å².